The number of nitrogens with one attached hydrogen (secondary N) is 1. The number of nitrogens with zero attached hydrogens (tertiary/aromatic N) is 1. The van der Waals surface area contributed by atoms with Crippen LogP contribution in [-0.2, 0) is 9.59 Å². The molecule has 5 nitrogen and oxygen atoms in total. The molecule has 2 N–H and O–H groups in total. The zero-order valence-corrected chi connectivity index (χ0v) is 18.1. The predicted molar refractivity (Wildman–Crippen MR) is 119 cm³/mol. The van der Waals surface area contributed by atoms with E-state index >= 15 is 0 Å². The van der Waals surface area contributed by atoms with Crippen molar-refractivity contribution in [2.75, 3.05) is 19.6 Å². The highest BCUT2D eigenvalue weighted by Gasteiger charge is 2.32. The minimum atomic E-state index is -1.02. The van der Waals surface area contributed by atoms with Crippen LogP contribution in [0.2, 0.25) is 0 Å². The SMILES string of the molecule is CC(=O)C(CCC1CNCCN1C(c1ccc(C)cc1)c1ccc(C)cc1)C(=O)O. The van der Waals surface area contributed by atoms with Gasteiger partial charge >= 0.3 is 5.97 Å². The highest BCUT2D eigenvalue weighted by Crippen LogP contribution is 2.33. The average Bonchev–Trinajstić information content (AvgIpc) is 2.71. The summed E-state index contributed by atoms with van der Waals surface area (Å²) >= 11 is 0. The van der Waals surface area contributed by atoms with Crippen molar-refractivity contribution in [3.05, 3.63) is 70.8 Å². The molecule has 2 aromatic carbocycles. The van der Waals surface area contributed by atoms with Crippen LogP contribution in [0.4, 0.5) is 0 Å². The van der Waals surface area contributed by atoms with Gasteiger partial charge in [-0.15, -0.1) is 0 Å². The fraction of sp³-hybridized carbons (Fsp3) is 0.440. The van der Waals surface area contributed by atoms with Gasteiger partial charge in [-0.1, -0.05) is 59.7 Å². The van der Waals surface area contributed by atoms with Crippen molar-refractivity contribution < 1.29 is 14.7 Å². The average molecular weight is 409 g/mol. The molecule has 0 amide bonds. The lowest BCUT2D eigenvalue weighted by molar-refractivity contribution is -0.146. The van der Waals surface area contributed by atoms with Crippen LogP contribution in [0.15, 0.2) is 48.5 Å². The van der Waals surface area contributed by atoms with Crippen molar-refractivity contribution in [2.45, 2.75) is 45.7 Å². The monoisotopic (exact) mass is 408 g/mol. The highest BCUT2D eigenvalue weighted by molar-refractivity contribution is 5.96. The van der Waals surface area contributed by atoms with E-state index in [2.05, 4.69) is 72.6 Å². The molecule has 0 saturated carbocycles. The van der Waals surface area contributed by atoms with Crippen LogP contribution in [-0.4, -0.2) is 47.4 Å². The van der Waals surface area contributed by atoms with Crippen LogP contribution in [0.25, 0.3) is 0 Å². The summed E-state index contributed by atoms with van der Waals surface area (Å²) in [5, 5.41) is 12.9. The Balaban J connectivity index is 1.91. The maximum absolute atomic E-state index is 11.8. The van der Waals surface area contributed by atoms with Crippen molar-refractivity contribution in [1.82, 2.24) is 10.2 Å². The molecule has 2 unspecified atom stereocenters. The molecule has 1 heterocycles. The van der Waals surface area contributed by atoms with Crippen LogP contribution < -0.4 is 5.32 Å². The normalized spacial score (nSPS) is 18.3. The lowest BCUT2D eigenvalue weighted by atomic mass is 9.90. The Morgan fingerprint density at radius 3 is 2.03 bits per heavy atom. The zero-order chi connectivity index (χ0) is 21.7. The molecule has 0 radical (unpaired) electrons. The number of Topliss-reactive ketones (excluding diaryl/α,β-unsaturated/α-hetero) is 1. The maximum atomic E-state index is 11.8. The number of hydrogen-bond acceptors (Lipinski definition) is 4. The number of aliphatic carboxylic acids is 1. The number of rotatable bonds is 8. The number of carboxylic acid groups (broad SMARTS) is 1. The summed E-state index contributed by atoms with van der Waals surface area (Å²) in [6.45, 7) is 8.10. The van der Waals surface area contributed by atoms with Gasteiger partial charge in [-0.2, -0.15) is 0 Å². The fourth-order valence-electron chi connectivity index (χ4n) is 4.32. The number of carbonyl (C=O) groups is 2. The summed E-state index contributed by atoms with van der Waals surface area (Å²) in [5.41, 5.74) is 4.92. The molecule has 1 saturated heterocycles. The topological polar surface area (TPSA) is 69.6 Å². The lowest BCUT2D eigenvalue weighted by Gasteiger charge is -2.42. The molecule has 0 aliphatic carbocycles. The second-order valence-electron chi connectivity index (χ2n) is 8.40. The quantitative estimate of drug-likeness (QED) is 0.651. The van der Waals surface area contributed by atoms with E-state index in [1.54, 1.807) is 0 Å². The number of carboxylic acids is 1. The summed E-state index contributed by atoms with van der Waals surface area (Å²) in [6, 6.07) is 17.6. The number of carbonyl (C=O) groups excluding carboxylic acids is 1. The van der Waals surface area contributed by atoms with E-state index in [4.69, 9.17) is 0 Å². The van der Waals surface area contributed by atoms with Crippen LogP contribution in [0, 0.1) is 19.8 Å². The van der Waals surface area contributed by atoms with Gasteiger partial charge in [0.05, 0.1) is 6.04 Å². The van der Waals surface area contributed by atoms with Crippen molar-refractivity contribution in [2.24, 2.45) is 5.92 Å². The molecule has 3 rings (SSSR count). The largest absolute Gasteiger partial charge is 0.481 e. The lowest BCUT2D eigenvalue weighted by Crippen LogP contribution is -2.52. The van der Waals surface area contributed by atoms with E-state index in [9.17, 15) is 14.7 Å². The first-order valence-corrected chi connectivity index (χ1v) is 10.7. The van der Waals surface area contributed by atoms with Crippen molar-refractivity contribution in [3.8, 4) is 0 Å². The molecule has 2 atom stereocenters. The van der Waals surface area contributed by atoms with Crippen LogP contribution >= 0.6 is 0 Å². The second-order valence-corrected chi connectivity index (χ2v) is 8.40. The Labute approximate surface area is 179 Å². The molecular formula is C25H32N2O3. The maximum Gasteiger partial charge on any atom is 0.314 e. The highest BCUT2D eigenvalue weighted by atomic mass is 16.4. The molecule has 1 fully saturated rings. The Kier molecular flexibility index (Phi) is 7.40. The molecule has 1 aliphatic heterocycles. The van der Waals surface area contributed by atoms with Crippen LogP contribution in [0.1, 0.15) is 48.1 Å². The second kappa shape index (κ2) is 10.0. The summed E-state index contributed by atoms with van der Waals surface area (Å²) < 4.78 is 0. The molecule has 2 aromatic rings. The van der Waals surface area contributed by atoms with E-state index < -0.39 is 11.9 Å². The Hall–Kier alpha value is -2.50. The minimum absolute atomic E-state index is 0.0962. The van der Waals surface area contributed by atoms with Gasteiger partial charge in [0, 0.05) is 25.7 Å². The standard InChI is InChI=1S/C25H32N2O3/c1-17-4-8-20(9-5-17)24(21-10-6-18(2)7-11-21)27-15-14-26-16-22(27)12-13-23(19(3)28)25(29)30/h4-11,22-24,26H,12-16H2,1-3H3,(H,29,30). The summed E-state index contributed by atoms with van der Waals surface area (Å²) in [7, 11) is 0. The number of aryl methyl sites for hydroxylation is 2. The molecule has 5 heteroatoms. The van der Waals surface area contributed by atoms with Gasteiger partial charge in [0.15, 0.2) is 0 Å². The van der Waals surface area contributed by atoms with Gasteiger partial charge in [0.1, 0.15) is 11.7 Å². The third-order valence-corrected chi connectivity index (χ3v) is 6.09. The van der Waals surface area contributed by atoms with Crippen LogP contribution in [0.5, 0.6) is 0 Å². The minimum Gasteiger partial charge on any atom is -0.481 e. The van der Waals surface area contributed by atoms with Gasteiger partial charge in [-0.05, 0) is 44.7 Å². The summed E-state index contributed by atoms with van der Waals surface area (Å²) in [6.07, 6.45) is 1.03. The van der Waals surface area contributed by atoms with E-state index in [0.29, 0.717) is 12.8 Å². The molecular weight excluding hydrogens is 376 g/mol. The molecule has 0 aromatic heterocycles. The van der Waals surface area contributed by atoms with Gasteiger partial charge in [-0.25, -0.2) is 0 Å². The number of ketones is 1. The molecule has 0 bridgehead atoms. The number of piperazine rings is 1. The number of benzene rings is 2. The first kappa shape index (κ1) is 22.2. The third-order valence-electron chi connectivity index (χ3n) is 6.09. The first-order chi connectivity index (χ1) is 14.4. The fourth-order valence-corrected chi connectivity index (χ4v) is 4.32. The van der Waals surface area contributed by atoms with Gasteiger partial charge in [-0.3, -0.25) is 14.5 Å². The molecule has 1 aliphatic rings. The van der Waals surface area contributed by atoms with Crippen molar-refractivity contribution in [1.29, 1.82) is 0 Å². The van der Waals surface area contributed by atoms with Gasteiger partial charge in [0.25, 0.3) is 0 Å². The van der Waals surface area contributed by atoms with E-state index in [-0.39, 0.29) is 17.9 Å². The smallest absolute Gasteiger partial charge is 0.314 e. The summed E-state index contributed by atoms with van der Waals surface area (Å²) in [5.74, 6) is -2.22. The van der Waals surface area contributed by atoms with Gasteiger partial charge < -0.3 is 10.4 Å². The molecule has 160 valence electrons. The third kappa shape index (κ3) is 5.35. The molecule has 0 spiro atoms. The van der Waals surface area contributed by atoms with E-state index in [1.807, 2.05) is 0 Å². The van der Waals surface area contributed by atoms with Crippen molar-refractivity contribution >= 4 is 11.8 Å². The molecule has 30 heavy (non-hydrogen) atoms. The van der Waals surface area contributed by atoms with E-state index in [1.165, 1.54) is 29.2 Å². The predicted octanol–water partition coefficient (Wildman–Crippen LogP) is 3.74. The zero-order valence-electron chi connectivity index (χ0n) is 18.1. The Bertz CT molecular complexity index is 801. The summed E-state index contributed by atoms with van der Waals surface area (Å²) in [4.78, 5) is 25.7. The van der Waals surface area contributed by atoms with Crippen LogP contribution in [0.3, 0.4) is 0 Å². The van der Waals surface area contributed by atoms with Crippen molar-refractivity contribution in [3.63, 3.8) is 0 Å². The Morgan fingerprint density at radius 2 is 1.57 bits per heavy atom. The van der Waals surface area contributed by atoms with Gasteiger partial charge in [0.2, 0.25) is 0 Å². The Morgan fingerprint density at radius 1 is 1.03 bits per heavy atom. The first-order valence-electron chi connectivity index (χ1n) is 10.7. The number of hydrogen-bond donors (Lipinski definition) is 2. The van der Waals surface area contributed by atoms with E-state index in [0.717, 1.165) is 19.6 Å².